The van der Waals surface area contributed by atoms with Gasteiger partial charge in [-0.1, -0.05) is 0 Å². The van der Waals surface area contributed by atoms with Crippen molar-refractivity contribution in [3.05, 3.63) is 10.6 Å². The van der Waals surface area contributed by atoms with Gasteiger partial charge in [0.05, 0.1) is 5.69 Å². The van der Waals surface area contributed by atoms with Crippen molar-refractivity contribution in [3.63, 3.8) is 0 Å². The molecule has 0 saturated carbocycles. The Hall–Kier alpha value is -0.610. The van der Waals surface area contributed by atoms with Crippen molar-refractivity contribution in [2.75, 3.05) is 25.0 Å². The molecule has 1 aliphatic heterocycles. The zero-order valence-corrected chi connectivity index (χ0v) is 11.2. The molecule has 1 N–H and O–H groups in total. The van der Waals surface area contributed by atoms with Gasteiger partial charge in [0.2, 0.25) is 0 Å². The van der Waals surface area contributed by atoms with Gasteiger partial charge in [-0.25, -0.2) is 4.98 Å². The summed E-state index contributed by atoms with van der Waals surface area (Å²) in [5, 5.41) is 4.64. The van der Waals surface area contributed by atoms with Crippen molar-refractivity contribution in [1.82, 2.24) is 10.3 Å². The Kier molecular flexibility index (Phi) is 3.82. The fraction of sp³-hybridized carbons (Fsp3) is 0.750. The van der Waals surface area contributed by atoms with Crippen LogP contribution >= 0.6 is 11.3 Å². The van der Waals surface area contributed by atoms with Crippen LogP contribution in [0, 0.1) is 13.8 Å². The van der Waals surface area contributed by atoms with Gasteiger partial charge in [-0.15, -0.1) is 11.3 Å². The number of hydrogen-bond acceptors (Lipinski definition) is 4. The highest BCUT2D eigenvalue weighted by atomic mass is 32.1. The van der Waals surface area contributed by atoms with Crippen LogP contribution in [0.4, 0.5) is 5.13 Å². The number of thiazole rings is 1. The Morgan fingerprint density at radius 3 is 2.81 bits per heavy atom. The van der Waals surface area contributed by atoms with E-state index in [1.54, 1.807) is 0 Å². The maximum Gasteiger partial charge on any atom is 0.185 e. The third-order valence-corrected chi connectivity index (χ3v) is 4.58. The van der Waals surface area contributed by atoms with Crippen LogP contribution in [0.3, 0.4) is 0 Å². The average Bonchev–Trinajstić information content (AvgIpc) is 2.51. The summed E-state index contributed by atoms with van der Waals surface area (Å²) in [7, 11) is 2.19. The molecule has 1 saturated heterocycles. The van der Waals surface area contributed by atoms with Crippen molar-refractivity contribution in [2.24, 2.45) is 0 Å². The first-order valence-electron chi connectivity index (χ1n) is 6.06. The van der Waals surface area contributed by atoms with Gasteiger partial charge in [0.15, 0.2) is 5.13 Å². The van der Waals surface area contributed by atoms with Gasteiger partial charge < -0.3 is 10.2 Å². The topological polar surface area (TPSA) is 28.2 Å². The van der Waals surface area contributed by atoms with Gasteiger partial charge in [-0.2, -0.15) is 0 Å². The molecule has 0 spiro atoms. The van der Waals surface area contributed by atoms with Crippen LogP contribution in [-0.4, -0.2) is 31.2 Å². The molecule has 0 amide bonds. The van der Waals surface area contributed by atoms with Gasteiger partial charge >= 0.3 is 0 Å². The molecule has 2 rings (SSSR count). The Morgan fingerprint density at radius 2 is 2.12 bits per heavy atom. The van der Waals surface area contributed by atoms with E-state index in [1.165, 1.54) is 41.5 Å². The molecule has 0 aliphatic carbocycles. The maximum absolute atomic E-state index is 4.64. The summed E-state index contributed by atoms with van der Waals surface area (Å²) in [4.78, 5) is 8.35. The van der Waals surface area contributed by atoms with Gasteiger partial charge in [0, 0.05) is 18.0 Å². The quantitative estimate of drug-likeness (QED) is 0.858. The van der Waals surface area contributed by atoms with Gasteiger partial charge in [-0.3, -0.25) is 0 Å². The molecule has 1 unspecified atom stereocenters. The van der Waals surface area contributed by atoms with Crippen LogP contribution in [0.2, 0.25) is 0 Å². The molecule has 0 radical (unpaired) electrons. The molecule has 1 aromatic rings. The summed E-state index contributed by atoms with van der Waals surface area (Å²) in [6.45, 7) is 6.55. The molecule has 1 aliphatic rings. The van der Waals surface area contributed by atoms with Crippen LogP contribution in [0.5, 0.6) is 0 Å². The lowest BCUT2D eigenvalue weighted by molar-refractivity contribution is 0.566. The highest BCUT2D eigenvalue weighted by Crippen LogP contribution is 2.27. The smallest absolute Gasteiger partial charge is 0.185 e. The molecule has 4 heteroatoms. The lowest BCUT2D eigenvalue weighted by Gasteiger charge is -2.26. The Labute approximate surface area is 102 Å². The fourth-order valence-corrected chi connectivity index (χ4v) is 3.09. The normalized spacial score (nSPS) is 21.8. The maximum atomic E-state index is 4.64. The summed E-state index contributed by atoms with van der Waals surface area (Å²) >= 11 is 1.82. The first-order chi connectivity index (χ1) is 7.68. The number of hydrogen-bond donors (Lipinski definition) is 1. The fourth-order valence-electron chi connectivity index (χ4n) is 2.15. The highest BCUT2D eigenvalue weighted by Gasteiger charge is 2.19. The molecule has 16 heavy (non-hydrogen) atoms. The standard InChI is InChI=1S/C12H21N3S/c1-9-10(2)16-12(14-9)15(3)11-5-4-7-13-8-6-11/h11,13H,4-8H2,1-3H3. The lowest BCUT2D eigenvalue weighted by Crippen LogP contribution is -2.32. The van der Waals surface area contributed by atoms with E-state index in [9.17, 15) is 0 Å². The molecule has 1 atom stereocenters. The first kappa shape index (κ1) is 11.9. The number of nitrogens with zero attached hydrogens (tertiary/aromatic N) is 2. The SMILES string of the molecule is Cc1nc(N(C)C2CCCNCC2)sc1C. The van der Waals surface area contributed by atoms with Crippen molar-refractivity contribution in [3.8, 4) is 0 Å². The number of nitrogens with one attached hydrogen (secondary N) is 1. The second kappa shape index (κ2) is 5.15. The molecule has 1 aromatic heterocycles. The minimum atomic E-state index is 0.653. The second-order valence-corrected chi connectivity index (χ2v) is 5.77. The summed E-state index contributed by atoms with van der Waals surface area (Å²) in [5.74, 6) is 0. The third kappa shape index (κ3) is 2.55. The van der Waals surface area contributed by atoms with Crippen LogP contribution in [0.15, 0.2) is 0 Å². The number of aromatic nitrogens is 1. The van der Waals surface area contributed by atoms with Crippen LogP contribution < -0.4 is 10.2 Å². The van der Waals surface area contributed by atoms with Crippen molar-refractivity contribution < 1.29 is 0 Å². The molecule has 2 heterocycles. The number of anilines is 1. The van der Waals surface area contributed by atoms with Crippen molar-refractivity contribution in [1.29, 1.82) is 0 Å². The largest absolute Gasteiger partial charge is 0.348 e. The molecular formula is C12H21N3S. The van der Waals surface area contributed by atoms with Crippen molar-refractivity contribution in [2.45, 2.75) is 39.2 Å². The van der Waals surface area contributed by atoms with E-state index in [-0.39, 0.29) is 0 Å². The van der Waals surface area contributed by atoms with E-state index in [1.807, 2.05) is 11.3 Å². The van der Waals surface area contributed by atoms with E-state index in [4.69, 9.17) is 0 Å². The minimum absolute atomic E-state index is 0.653. The molecule has 0 aromatic carbocycles. The lowest BCUT2D eigenvalue weighted by atomic mass is 10.1. The zero-order chi connectivity index (χ0) is 11.5. The van der Waals surface area contributed by atoms with Crippen molar-refractivity contribution >= 4 is 16.5 Å². The van der Waals surface area contributed by atoms with Crippen LogP contribution in [0.25, 0.3) is 0 Å². The second-order valence-electron chi connectivity index (χ2n) is 4.58. The Balaban J connectivity index is 2.07. The predicted molar refractivity (Wildman–Crippen MR) is 70.5 cm³/mol. The minimum Gasteiger partial charge on any atom is -0.348 e. The van der Waals surface area contributed by atoms with E-state index in [0.29, 0.717) is 6.04 Å². The summed E-state index contributed by atoms with van der Waals surface area (Å²) < 4.78 is 0. The third-order valence-electron chi connectivity index (χ3n) is 3.41. The molecule has 3 nitrogen and oxygen atoms in total. The monoisotopic (exact) mass is 239 g/mol. The Morgan fingerprint density at radius 1 is 1.31 bits per heavy atom. The molecule has 1 fully saturated rings. The summed E-state index contributed by atoms with van der Waals surface area (Å²) in [6, 6.07) is 0.653. The van der Waals surface area contributed by atoms with E-state index >= 15 is 0 Å². The van der Waals surface area contributed by atoms with E-state index in [2.05, 4.69) is 36.1 Å². The van der Waals surface area contributed by atoms with Crippen LogP contribution in [0.1, 0.15) is 29.8 Å². The molecular weight excluding hydrogens is 218 g/mol. The highest BCUT2D eigenvalue weighted by molar-refractivity contribution is 7.15. The summed E-state index contributed by atoms with van der Waals surface area (Å²) in [6.07, 6.45) is 3.79. The average molecular weight is 239 g/mol. The zero-order valence-electron chi connectivity index (χ0n) is 10.4. The van der Waals surface area contributed by atoms with Gasteiger partial charge in [-0.05, 0) is 46.2 Å². The van der Waals surface area contributed by atoms with Gasteiger partial charge in [0.1, 0.15) is 0 Å². The Bertz CT molecular complexity index is 321. The van der Waals surface area contributed by atoms with Gasteiger partial charge in [0.25, 0.3) is 0 Å². The number of aryl methyl sites for hydroxylation is 2. The first-order valence-corrected chi connectivity index (χ1v) is 6.87. The molecule has 90 valence electrons. The summed E-state index contributed by atoms with van der Waals surface area (Å²) in [5.41, 5.74) is 1.18. The van der Waals surface area contributed by atoms with E-state index in [0.717, 1.165) is 6.54 Å². The molecule has 0 bridgehead atoms. The van der Waals surface area contributed by atoms with E-state index < -0.39 is 0 Å². The number of rotatable bonds is 2. The predicted octanol–water partition coefficient (Wildman–Crippen LogP) is 2.34. The van der Waals surface area contributed by atoms with Crippen LogP contribution in [-0.2, 0) is 0 Å².